The summed E-state index contributed by atoms with van der Waals surface area (Å²) in [6, 6.07) is 0. The molecule has 0 fully saturated rings. The highest BCUT2D eigenvalue weighted by Gasteiger charge is 2.07. The van der Waals surface area contributed by atoms with Gasteiger partial charge in [-0.1, -0.05) is 27.7 Å². The van der Waals surface area contributed by atoms with Crippen LogP contribution in [-0.4, -0.2) is 64.5 Å². The molecule has 19 heteroatoms. The van der Waals surface area contributed by atoms with Crippen molar-refractivity contribution in [3.8, 4) is 0 Å². The topological polar surface area (TPSA) is 250 Å². The summed E-state index contributed by atoms with van der Waals surface area (Å²) in [6.07, 6.45) is 7.86. The van der Waals surface area contributed by atoms with Gasteiger partial charge in [0.05, 0.1) is 18.0 Å². The summed E-state index contributed by atoms with van der Waals surface area (Å²) in [7, 11) is 0. The molecular formula is C26H40N12O4S3. The van der Waals surface area contributed by atoms with Gasteiger partial charge in [-0.25, -0.2) is 14.6 Å². The first kappa shape index (κ1) is 40.4. The Morgan fingerprint density at radius 3 is 2.38 bits per heavy atom. The number of hydrogen-bond acceptors (Lipinski definition) is 11. The van der Waals surface area contributed by atoms with E-state index in [4.69, 9.17) is 41.3 Å². The van der Waals surface area contributed by atoms with Crippen LogP contribution in [0.1, 0.15) is 65.0 Å². The molecule has 2 amide bonds. The first-order valence-corrected chi connectivity index (χ1v) is 15.0. The van der Waals surface area contributed by atoms with E-state index in [0.29, 0.717) is 29.4 Å². The van der Waals surface area contributed by atoms with Crippen LogP contribution in [0.3, 0.4) is 0 Å². The van der Waals surface area contributed by atoms with E-state index in [2.05, 4.69) is 57.8 Å². The summed E-state index contributed by atoms with van der Waals surface area (Å²) < 4.78 is 5.91. The number of amidine groups is 1. The Hall–Kier alpha value is -4.58. The Labute approximate surface area is 276 Å². The Kier molecular flexibility index (Phi) is 20.6. The quantitative estimate of drug-likeness (QED) is 0.0964. The van der Waals surface area contributed by atoms with Gasteiger partial charge in [0.25, 0.3) is 0 Å². The number of amides is 2. The molecule has 246 valence electrons. The molecule has 45 heavy (non-hydrogen) atoms. The monoisotopic (exact) mass is 680 g/mol. The smallest absolute Gasteiger partial charge is 0.442 e. The lowest BCUT2D eigenvalue weighted by atomic mass is 10.2. The normalized spacial score (nSPS) is 9.93. The molecule has 0 aliphatic carbocycles. The molecule has 0 bridgehead atoms. The minimum Gasteiger partial charge on any atom is -0.448 e. The van der Waals surface area contributed by atoms with Crippen molar-refractivity contribution in [2.75, 3.05) is 11.9 Å². The molecule has 3 aromatic heterocycles. The molecule has 0 spiro atoms. The van der Waals surface area contributed by atoms with Crippen molar-refractivity contribution in [3.05, 3.63) is 50.5 Å². The lowest BCUT2D eigenvalue weighted by Gasteiger charge is -2.08. The van der Waals surface area contributed by atoms with E-state index in [0.717, 1.165) is 42.6 Å². The fourth-order valence-corrected chi connectivity index (χ4v) is 3.52. The third-order valence-electron chi connectivity index (χ3n) is 5.27. The summed E-state index contributed by atoms with van der Waals surface area (Å²) in [6.45, 7) is 9.88. The van der Waals surface area contributed by atoms with Crippen LogP contribution < -0.4 is 27.8 Å². The molecular weight excluding hydrogens is 641 g/mol. The molecule has 10 N–H and O–H groups in total. The number of fused-ring (bicyclic) bond motifs is 1. The average Bonchev–Trinajstić information content (AvgIpc) is 3.61. The second kappa shape index (κ2) is 22.9. The molecule has 0 aliphatic rings. The number of nitrogens with zero attached hydrogens (tertiary/aromatic N) is 4. The van der Waals surface area contributed by atoms with Crippen molar-refractivity contribution in [2.24, 2.45) is 16.5 Å². The second-order valence-corrected chi connectivity index (χ2v) is 9.37. The van der Waals surface area contributed by atoms with Crippen LogP contribution in [0.5, 0.6) is 0 Å². The number of H-pyrrole nitrogens is 3. The van der Waals surface area contributed by atoms with Crippen LogP contribution in [0.4, 0.5) is 10.6 Å². The zero-order valence-electron chi connectivity index (χ0n) is 25.8. The van der Waals surface area contributed by atoms with Crippen LogP contribution in [-0.2, 0) is 22.4 Å². The van der Waals surface area contributed by atoms with Crippen molar-refractivity contribution in [2.45, 2.75) is 66.7 Å². The van der Waals surface area contributed by atoms with E-state index < -0.39 is 6.09 Å². The van der Waals surface area contributed by atoms with Crippen molar-refractivity contribution in [1.82, 2.24) is 35.1 Å². The van der Waals surface area contributed by atoms with Gasteiger partial charge in [0.15, 0.2) is 10.8 Å². The molecule has 3 rings (SSSR count). The Morgan fingerprint density at radius 2 is 1.89 bits per heavy atom. The maximum absolute atomic E-state index is 11.3. The SMILES string of the molecule is CCC(=CN)C(=N)N.CCCC(=O)NC(=S)Nc1[nH]ncc1CC.CCOC(=O)N=C=S.CCc1c[nH]n2c(=O)[nH]c(=S)nc12. The minimum absolute atomic E-state index is 0.0648. The first-order valence-electron chi connectivity index (χ1n) is 13.7. The van der Waals surface area contributed by atoms with E-state index in [1.54, 1.807) is 19.3 Å². The number of carbonyl (C=O) groups is 2. The van der Waals surface area contributed by atoms with E-state index in [1.165, 1.54) is 10.7 Å². The summed E-state index contributed by atoms with van der Waals surface area (Å²) in [5, 5.41) is 24.1. The zero-order valence-corrected chi connectivity index (χ0v) is 28.2. The predicted octanol–water partition coefficient (Wildman–Crippen LogP) is 3.65. The number of aromatic amines is 3. The molecule has 0 radical (unpaired) electrons. The molecule has 0 saturated carbocycles. The summed E-state index contributed by atoms with van der Waals surface area (Å²) in [5.74, 6) is 0.733. The van der Waals surface area contributed by atoms with Crippen LogP contribution in [0.25, 0.3) is 5.65 Å². The third kappa shape index (κ3) is 15.6. The van der Waals surface area contributed by atoms with Gasteiger partial charge in [-0.15, -0.1) is 4.99 Å². The maximum Gasteiger partial charge on any atom is 0.442 e. The number of aryl methyl sites for hydroxylation is 2. The lowest BCUT2D eigenvalue weighted by Crippen LogP contribution is -2.34. The Morgan fingerprint density at radius 1 is 1.22 bits per heavy atom. The van der Waals surface area contributed by atoms with Crippen molar-refractivity contribution in [1.29, 1.82) is 5.41 Å². The van der Waals surface area contributed by atoms with E-state index in [9.17, 15) is 14.4 Å². The summed E-state index contributed by atoms with van der Waals surface area (Å²) >= 11 is 13.9. The van der Waals surface area contributed by atoms with Crippen LogP contribution in [0, 0.1) is 10.2 Å². The van der Waals surface area contributed by atoms with E-state index in [-0.39, 0.29) is 22.2 Å². The highest BCUT2D eigenvalue weighted by atomic mass is 32.1. The molecule has 0 aliphatic heterocycles. The van der Waals surface area contributed by atoms with Gasteiger partial charge in [0.1, 0.15) is 11.7 Å². The highest BCUT2D eigenvalue weighted by Crippen LogP contribution is 2.10. The number of nitrogens with one attached hydrogen (secondary N) is 6. The van der Waals surface area contributed by atoms with Gasteiger partial charge < -0.3 is 26.8 Å². The molecule has 0 unspecified atom stereocenters. The molecule has 0 atom stereocenters. The van der Waals surface area contributed by atoms with Gasteiger partial charge in [0.2, 0.25) is 10.7 Å². The standard InChI is InChI=1S/C10H16N4OS.C7H8N4OS.C5H11N3.C4H5NO2S/c1-3-5-8(15)12-10(16)13-9-7(4-2)6-11-14-9;1-2-4-3-8-11-5(4)9-6(13)10-7(11)12;1-2-4(3-6)5(7)8;1-2-7-4(6)5-3-8/h6H,3-5H2,1-2H3,(H3,11,12,13,14,15,16);3,8H,2H2,1H3,(H,10,12,13);3H,2,6H2,1H3,(H3,7,8);2H2,1H3. The van der Waals surface area contributed by atoms with Crippen LogP contribution in [0.15, 0.2) is 34.0 Å². The lowest BCUT2D eigenvalue weighted by molar-refractivity contribution is -0.119. The Bertz CT molecular complexity index is 1600. The van der Waals surface area contributed by atoms with Gasteiger partial charge in [0, 0.05) is 35.5 Å². The van der Waals surface area contributed by atoms with E-state index in [1.807, 2.05) is 32.9 Å². The number of rotatable bonds is 8. The first-order chi connectivity index (χ1) is 21.4. The number of thiocarbonyl (C=S) groups is 2. The molecule has 0 aromatic carbocycles. The van der Waals surface area contributed by atoms with Crippen molar-refractivity contribution < 1.29 is 14.3 Å². The van der Waals surface area contributed by atoms with Gasteiger partial charge in [-0.3, -0.25) is 25.4 Å². The Balaban J connectivity index is 0.000000602. The molecule has 3 aromatic rings. The van der Waals surface area contributed by atoms with E-state index >= 15 is 0 Å². The van der Waals surface area contributed by atoms with Crippen molar-refractivity contribution >= 4 is 76.2 Å². The predicted molar refractivity (Wildman–Crippen MR) is 184 cm³/mol. The number of ether oxygens (including phenoxy) is 1. The van der Waals surface area contributed by atoms with Gasteiger partial charge in [-0.2, -0.15) is 9.61 Å². The number of aliphatic imine (C=N–C) groups is 1. The third-order valence-corrected chi connectivity index (χ3v) is 5.76. The van der Waals surface area contributed by atoms with Crippen LogP contribution in [0.2, 0.25) is 0 Å². The van der Waals surface area contributed by atoms with Gasteiger partial charge >= 0.3 is 11.8 Å². The average molecular weight is 681 g/mol. The van der Waals surface area contributed by atoms with Gasteiger partial charge in [-0.05, 0) is 69.3 Å². The largest absolute Gasteiger partial charge is 0.448 e. The number of aromatic nitrogens is 6. The minimum atomic E-state index is -0.678. The maximum atomic E-state index is 11.3. The number of nitrogens with two attached hydrogens (primary N) is 2. The molecule has 3 heterocycles. The fraction of sp³-hybridized carbons (Fsp3) is 0.423. The highest BCUT2D eigenvalue weighted by molar-refractivity contribution is 7.80. The number of carbonyl (C=O) groups excluding carboxylic acids is 2. The molecule has 0 saturated heterocycles. The second-order valence-electron chi connectivity index (χ2n) is 8.40. The number of hydrogen-bond donors (Lipinski definition) is 8. The summed E-state index contributed by atoms with van der Waals surface area (Å²) in [5.41, 5.74) is 13.2. The zero-order chi connectivity index (χ0) is 34.4. The van der Waals surface area contributed by atoms with Crippen molar-refractivity contribution in [3.63, 3.8) is 0 Å². The number of isothiocyanates is 1. The number of anilines is 1. The van der Waals surface area contributed by atoms with Crippen LogP contribution >= 0.6 is 36.7 Å². The molecule has 16 nitrogen and oxygen atoms in total. The fourth-order valence-electron chi connectivity index (χ4n) is 3.06. The summed E-state index contributed by atoms with van der Waals surface area (Å²) in [4.78, 5) is 42.2.